The minimum atomic E-state index is -3.85. The van der Waals surface area contributed by atoms with Crippen molar-refractivity contribution >= 4 is 32.7 Å². The normalized spacial score (nSPS) is 18.5. The molecule has 2 unspecified atom stereocenters. The van der Waals surface area contributed by atoms with E-state index in [-0.39, 0.29) is 28.7 Å². The minimum Gasteiger partial charge on any atom is -0.454 e. The number of hydrogen-bond acceptors (Lipinski definition) is 7. The van der Waals surface area contributed by atoms with Gasteiger partial charge in [0.25, 0.3) is 0 Å². The quantitative estimate of drug-likeness (QED) is 0.444. The van der Waals surface area contributed by atoms with Crippen molar-refractivity contribution in [2.24, 2.45) is 5.92 Å². The van der Waals surface area contributed by atoms with Crippen LogP contribution in [0.15, 0.2) is 39.9 Å². The molecule has 10 heteroatoms. The van der Waals surface area contributed by atoms with Crippen LogP contribution in [0.1, 0.15) is 41.6 Å². The van der Waals surface area contributed by atoms with Crippen molar-refractivity contribution in [1.82, 2.24) is 14.4 Å². The summed E-state index contributed by atoms with van der Waals surface area (Å²) in [5, 5.41) is 4.48. The number of aryl methyl sites for hydroxylation is 2. The molecule has 1 N–H and O–H groups in total. The Bertz CT molecular complexity index is 1260. The van der Waals surface area contributed by atoms with Crippen molar-refractivity contribution < 1.29 is 27.3 Å². The number of rotatable bonds is 6. The molecule has 0 spiro atoms. The highest BCUT2D eigenvalue weighted by Crippen LogP contribution is 2.28. The van der Waals surface area contributed by atoms with Gasteiger partial charge in [-0.25, -0.2) is 8.42 Å². The van der Waals surface area contributed by atoms with E-state index in [1.807, 2.05) is 24.3 Å². The van der Waals surface area contributed by atoms with Crippen LogP contribution in [0, 0.1) is 19.8 Å². The number of ether oxygens (including phenoxy) is 1. The van der Waals surface area contributed by atoms with Gasteiger partial charge in [0.15, 0.2) is 11.9 Å². The van der Waals surface area contributed by atoms with E-state index < -0.39 is 28.0 Å². The highest BCUT2D eigenvalue weighted by molar-refractivity contribution is 7.89. The van der Waals surface area contributed by atoms with Gasteiger partial charge in [-0.1, -0.05) is 23.4 Å². The van der Waals surface area contributed by atoms with Crippen LogP contribution in [0.3, 0.4) is 0 Å². The fourth-order valence-electron chi connectivity index (χ4n) is 4.14. The number of H-pyrrole nitrogens is 1. The summed E-state index contributed by atoms with van der Waals surface area (Å²) in [6, 6.07) is 7.38. The van der Waals surface area contributed by atoms with Crippen LogP contribution in [-0.4, -0.2) is 53.8 Å². The van der Waals surface area contributed by atoms with E-state index in [1.165, 1.54) is 11.2 Å². The molecule has 0 saturated carbocycles. The lowest BCUT2D eigenvalue weighted by molar-refractivity contribution is -0.152. The maximum atomic E-state index is 13.1. The first kappa shape index (κ1) is 22.2. The van der Waals surface area contributed by atoms with E-state index in [0.29, 0.717) is 24.9 Å². The van der Waals surface area contributed by atoms with Crippen molar-refractivity contribution in [2.75, 3.05) is 13.1 Å². The third-order valence-electron chi connectivity index (χ3n) is 5.80. The summed E-state index contributed by atoms with van der Waals surface area (Å²) >= 11 is 0. The van der Waals surface area contributed by atoms with Crippen LogP contribution >= 0.6 is 0 Å². The van der Waals surface area contributed by atoms with Crippen LogP contribution < -0.4 is 0 Å². The third kappa shape index (κ3) is 3.95. The predicted molar refractivity (Wildman–Crippen MR) is 116 cm³/mol. The fourth-order valence-corrected chi connectivity index (χ4v) is 5.96. The SMILES string of the molecule is Cc1noc(C)c1S(=O)(=O)N1CCCC(C(=O)OC(C)C(=O)c2c[nH]c3ccccc23)C1. The smallest absolute Gasteiger partial charge is 0.310 e. The molecule has 0 aliphatic carbocycles. The van der Waals surface area contributed by atoms with Crippen molar-refractivity contribution in [3.8, 4) is 0 Å². The summed E-state index contributed by atoms with van der Waals surface area (Å²) in [6.45, 7) is 4.92. The molecule has 0 amide bonds. The summed E-state index contributed by atoms with van der Waals surface area (Å²) in [5.41, 5.74) is 1.55. The summed E-state index contributed by atoms with van der Waals surface area (Å²) in [5.74, 6) is -1.33. The maximum absolute atomic E-state index is 13.1. The number of Topliss-reactive ketones (excluding diaryl/α,β-unsaturated/α-hetero) is 1. The fraction of sp³-hybridized carbons (Fsp3) is 0.409. The Labute approximate surface area is 185 Å². The number of sulfonamides is 1. The zero-order valence-corrected chi connectivity index (χ0v) is 18.9. The second kappa shape index (κ2) is 8.51. The first-order valence-corrected chi connectivity index (χ1v) is 11.9. The summed E-state index contributed by atoms with van der Waals surface area (Å²) in [7, 11) is -3.85. The average Bonchev–Trinajstić information content (AvgIpc) is 3.36. The van der Waals surface area contributed by atoms with E-state index in [9.17, 15) is 18.0 Å². The number of nitrogens with zero attached hydrogens (tertiary/aromatic N) is 2. The van der Waals surface area contributed by atoms with E-state index >= 15 is 0 Å². The molecule has 2 atom stereocenters. The Morgan fingerprint density at radius 3 is 2.75 bits per heavy atom. The number of aromatic nitrogens is 2. The van der Waals surface area contributed by atoms with Crippen molar-refractivity contribution in [3.05, 3.63) is 47.5 Å². The number of benzene rings is 1. The molecule has 3 aromatic rings. The minimum absolute atomic E-state index is 0.0147. The van der Waals surface area contributed by atoms with Crippen molar-refractivity contribution in [3.63, 3.8) is 0 Å². The molecule has 9 nitrogen and oxygen atoms in total. The number of esters is 1. The second-order valence-corrected chi connectivity index (χ2v) is 9.92. The predicted octanol–water partition coefficient (Wildman–Crippen LogP) is 2.99. The van der Waals surface area contributed by atoms with Gasteiger partial charge in [0.1, 0.15) is 10.6 Å². The molecule has 32 heavy (non-hydrogen) atoms. The Kier molecular flexibility index (Phi) is 5.91. The number of aromatic amines is 1. The topological polar surface area (TPSA) is 123 Å². The molecule has 0 radical (unpaired) electrons. The van der Waals surface area contributed by atoms with E-state index in [0.717, 1.165) is 10.9 Å². The molecule has 4 rings (SSSR count). The van der Waals surface area contributed by atoms with Gasteiger partial charge in [-0.3, -0.25) is 9.59 Å². The maximum Gasteiger partial charge on any atom is 0.310 e. The second-order valence-electron chi connectivity index (χ2n) is 8.05. The zero-order valence-electron chi connectivity index (χ0n) is 18.1. The van der Waals surface area contributed by atoms with E-state index in [4.69, 9.17) is 9.26 Å². The average molecular weight is 460 g/mol. The van der Waals surface area contributed by atoms with Crippen LogP contribution in [-0.2, 0) is 19.6 Å². The Hall–Kier alpha value is -2.98. The van der Waals surface area contributed by atoms with Crippen molar-refractivity contribution in [1.29, 1.82) is 0 Å². The monoisotopic (exact) mass is 459 g/mol. The van der Waals surface area contributed by atoms with Crippen LogP contribution in [0.4, 0.5) is 0 Å². The lowest BCUT2D eigenvalue weighted by atomic mass is 9.99. The van der Waals surface area contributed by atoms with Crippen molar-refractivity contribution in [2.45, 2.75) is 44.6 Å². The molecular formula is C22H25N3O6S. The number of carbonyl (C=O) groups excluding carboxylic acids is 2. The van der Waals surface area contributed by atoms with Crippen LogP contribution in [0.5, 0.6) is 0 Å². The summed E-state index contributed by atoms with van der Waals surface area (Å²) < 4.78 is 37.9. The number of nitrogens with one attached hydrogen (secondary N) is 1. The standard InChI is InChI=1S/C22H25N3O6S/c1-13-21(15(3)31-24-13)32(28,29)25-10-6-7-16(12-25)22(27)30-14(2)20(26)18-11-23-19-9-5-4-8-17(18)19/h4-5,8-9,11,14,16,23H,6-7,10,12H2,1-3H3. The number of hydrogen-bond donors (Lipinski definition) is 1. The van der Waals surface area contributed by atoms with E-state index in [2.05, 4.69) is 10.1 Å². The number of ketones is 1. The molecule has 170 valence electrons. The zero-order chi connectivity index (χ0) is 23.0. The van der Waals surface area contributed by atoms with Crippen LogP contribution in [0.2, 0.25) is 0 Å². The van der Waals surface area contributed by atoms with Gasteiger partial charge >= 0.3 is 5.97 Å². The Morgan fingerprint density at radius 1 is 1.28 bits per heavy atom. The van der Waals surface area contributed by atoms with Gasteiger partial charge in [0, 0.05) is 35.8 Å². The number of piperidine rings is 1. The van der Waals surface area contributed by atoms with Gasteiger partial charge in [-0.2, -0.15) is 4.31 Å². The third-order valence-corrected chi connectivity index (χ3v) is 7.91. The first-order valence-electron chi connectivity index (χ1n) is 10.4. The van der Waals surface area contributed by atoms with E-state index in [1.54, 1.807) is 20.0 Å². The highest BCUT2D eigenvalue weighted by Gasteiger charge is 2.37. The van der Waals surface area contributed by atoms with Gasteiger partial charge in [-0.05, 0) is 39.7 Å². The summed E-state index contributed by atoms with van der Waals surface area (Å²) in [6.07, 6.45) is 1.61. The van der Waals surface area contributed by atoms with Gasteiger partial charge in [0.2, 0.25) is 15.8 Å². The van der Waals surface area contributed by atoms with Gasteiger partial charge in [0.05, 0.1) is 5.92 Å². The van der Waals surface area contributed by atoms with Gasteiger partial charge in [-0.15, -0.1) is 0 Å². The lowest BCUT2D eigenvalue weighted by Gasteiger charge is -2.31. The molecule has 1 saturated heterocycles. The molecule has 1 aromatic carbocycles. The molecule has 2 aromatic heterocycles. The molecule has 1 aliphatic rings. The molecule has 1 fully saturated rings. The Balaban J connectivity index is 1.46. The van der Waals surface area contributed by atoms with Gasteiger partial charge < -0.3 is 14.2 Å². The Morgan fingerprint density at radius 2 is 2.03 bits per heavy atom. The number of carbonyl (C=O) groups is 2. The number of fused-ring (bicyclic) bond motifs is 1. The lowest BCUT2D eigenvalue weighted by Crippen LogP contribution is -2.43. The highest BCUT2D eigenvalue weighted by atomic mass is 32.2. The molecule has 1 aliphatic heterocycles. The largest absolute Gasteiger partial charge is 0.454 e. The summed E-state index contributed by atoms with van der Waals surface area (Å²) in [4.78, 5) is 28.8. The first-order chi connectivity index (χ1) is 15.2. The number of para-hydroxylation sites is 1. The van der Waals surface area contributed by atoms with Crippen LogP contribution in [0.25, 0.3) is 10.9 Å². The molecule has 3 heterocycles. The molecule has 0 bridgehead atoms. The molecular weight excluding hydrogens is 434 g/mol.